The Labute approximate surface area is 193 Å². The molecule has 166 valence electrons. The summed E-state index contributed by atoms with van der Waals surface area (Å²) in [4.78, 5) is 4.62. The van der Waals surface area contributed by atoms with Crippen LogP contribution in [0.25, 0.3) is 0 Å². The maximum atomic E-state index is 12.3. The van der Waals surface area contributed by atoms with Crippen LogP contribution in [0.5, 0.6) is 5.75 Å². The minimum Gasteiger partial charge on any atom is -0.493 e. The first-order chi connectivity index (χ1) is 13.1. The Balaban J connectivity index is 0.00000420. The van der Waals surface area contributed by atoms with Gasteiger partial charge in [0.25, 0.3) is 0 Å². The second kappa shape index (κ2) is 11.4. The van der Waals surface area contributed by atoms with Crippen LogP contribution < -0.4 is 15.4 Å². The summed E-state index contributed by atoms with van der Waals surface area (Å²) in [6.45, 7) is 11.5. The van der Waals surface area contributed by atoms with Gasteiger partial charge in [-0.1, -0.05) is 12.1 Å². The van der Waals surface area contributed by atoms with E-state index >= 15 is 0 Å². The van der Waals surface area contributed by atoms with Gasteiger partial charge in [0.05, 0.1) is 23.7 Å². The van der Waals surface area contributed by atoms with Gasteiger partial charge in [-0.25, -0.2) is 13.4 Å². The number of nitrogens with zero attached hydrogens (tertiary/aromatic N) is 1. The first-order valence-electron chi connectivity index (χ1n) is 10.1. The molecule has 1 aromatic rings. The quantitative estimate of drug-likeness (QED) is 0.286. The number of sulfone groups is 1. The number of hydrogen-bond donors (Lipinski definition) is 2. The second-order valence-electron chi connectivity index (χ2n) is 8.42. The largest absolute Gasteiger partial charge is 0.493 e. The number of ether oxygens (including phenoxy) is 1. The number of aliphatic imine (C=N–C) groups is 1. The van der Waals surface area contributed by atoms with E-state index < -0.39 is 14.6 Å². The van der Waals surface area contributed by atoms with Crippen molar-refractivity contribution in [3.63, 3.8) is 0 Å². The minimum atomic E-state index is -3.16. The molecule has 2 N–H and O–H groups in total. The van der Waals surface area contributed by atoms with Crippen LogP contribution in [-0.4, -0.2) is 44.6 Å². The zero-order valence-electron chi connectivity index (χ0n) is 18.2. The van der Waals surface area contributed by atoms with Crippen molar-refractivity contribution in [3.8, 4) is 5.75 Å². The molecule has 0 aromatic heterocycles. The van der Waals surface area contributed by atoms with Crippen LogP contribution >= 0.6 is 24.0 Å². The predicted molar refractivity (Wildman–Crippen MR) is 131 cm³/mol. The Morgan fingerprint density at radius 2 is 1.93 bits per heavy atom. The van der Waals surface area contributed by atoms with E-state index in [1.807, 2.05) is 6.92 Å². The van der Waals surface area contributed by atoms with Gasteiger partial charge in [0.1, 0.15) is 5.75 Å². The summed E-state index contributed by atoms with van der Waals surface area (Å²) in [5, 5.41) is 6.30. The summed E-state index contributed by atoms with van der Waals surface area (Å²) in [7, 11) is -3.16. The van der Waals surface area contributed by atoms with Crippen LogP contribution in [0.4, 0.5) is 0 Å². The summed E-state index contributed by atoms with van der Waals surface area (Å²) >= 11 is 0. The molecule has 0 amide bonds. The van der Waals surface area contributed by atoms with E-state index in [2.05, 4.69) is 40.7 Å². The van der Waals surface area contributed by atoms with Crippen molar-refractivity contribution in [1.82, 2.24) is 10.6 Å². The number of guanidine groups is 1. The smallest absolute Gasteiger partial charge is 0.191 e. The van der Waals surface area contributed by atoms with Crippen LogP contribution in [0.2, 0.25) is 0 Å². The average Bonchev–Trinajstić information content (AvgIpc) is 3.42. The highest BCUT2D eigenvalue weighted by molar-refractivity contribution is 14.0. The molecule has 1 aliphatic rings. The lowest BCUT2D eigenvalue weighted by Gasteiger charge is -2.20. The van der Waals surface area contributed by atoms with E-state index in [9.17, 15) is 8.42 Å². The number of aryl methyl sites for hydroxylation is 1. The summed E-state index contributed by atoms with van der Waals surface area (Å²) < 4.78 is 29.8. The van der Waals surface area contributed by atoms with Gasteiger partial charge in [-0.2, -0.15) is 0 Å². The fraction of sp³-hybridized carbons (Fsp3) is 0.667. The number of benzene rings is 1. The molecular formula is C21H36IN3O3S. The zero-order chi connectivity index (χ0) is 20.8. The van der Waals surface area contributed by atoms with Crippen LogP contribution in [0.3, 0.4) is 0 Å². The van der Waals surface area contributed by atoms with Crippen molar-refractivity contribution in [2.75, 3.05) is 25.4 Å². The maximum absolute atomic E-state index is 12.3. The van der Waals surface area contributed by atoms with Gasteiger partial charge in [0, 0.05) is 18.7 Å². The Bertz CT molecular complexity index is 785. The average molecular weight is 538 g/mol. The first-order valence-corrected chi connectivity index (χ1v) is 11.7. The number of hydrogen-bond acceptors (Lipinski definition) is 4. The van der Waals surface area contributed by atoms with Crippen LogP contribution in [0.1, 0.15) is 51.7 Å². The molecule has 0 saturated heterocycles. The lowest BCUT2D eigenvalue weighted by Crippen LogP contribution is -2.41. The van der Waals surface area contributed by atoms with E-state index in [1.165, 1.54) is 12.8 Å². The molecule has 0 spiro atoms. The molecule has 8 heteroatoms. The molecule has 1 aliphatic carbocycles. The first kappa shape index (κ1) is 26.0. The third kappa shape index (κ3) is 8.70. The highest BCUT2D eigenvalue weighted by atomic mass is 127. The van der Waals surface area contributed by atoms with Crippen LogP contribution in [0.15, 0.2) is 23.2 Å². The van der Waals surface area contributed by atoms with Crippen molar-refractivity contribution in [2.45, 2.75) is 58.8 Å². The Hall–Kier alpha value is -1.03. The minimum absolute atomic E-state index is 0. The van der Waals surface area contributed by atoms with Crippen LogP contribution in [-0.2, 0) is 16.4 Å². The normalized spacial score (nSPS) is 14.9. The Kier molecular flexibility index (Phi) is 10.2. The molecule has 1 aromatic carbocycles. The Morgan fingerprint density at radius 3 is 2.52 bits per heavy atom. The lowest BCUT2D eigenvalue weighted by molar-refractivity contribution is 0.296. The van der Waals surface area contributed by atoms with Gasteiger partial charge in [0.15, 0.2) is 15.8 Å². The fourth-order valence-electron chi connectivity index (χ4n) is 2.53. The number of halogens is 1. The van der Waals surface area contributed by atoms with Crippen molar-refractivity contribution < 1.29 is 13.2 Å². The molecule has 2 rings (SSSR count). The van der Waals surface area contributed by atoms with Crippen molar-refractivity contribution in [2.24, 2.45) is 10.9 Å². The lowest BCUT2D eigenvalue weighted by atomic mass is 10.1. The molecule has 29 heavy (non-hydrogen) atoms. The molecule has 0 atom stereocenters. The highest BCUT2D eigenvalue weighted by Gasteiger charge is 2.28. The SMILES string of the molecule is CCNC(=NCc1ccc(C)cc1OCC1CC1)NCCS(=O)(=O)C(C)(C)C.I. The molecule has 1 fully saturated rings. The van der Waals surface area contributed by atoms with E-state index in [1.54, 1.807) is 20.8 Å². The topological polar surface area (TPSA) is 79.8 Å². The summed E-state index contributed by atoms with van der Waals surface area (Å²) in [5.74, 6) is 2.27. The molecule has 6 nitrogen and oxygen atoms in total. The van der Waals surface area contributed by atoms with Gasteiger partial charge < -0.3 is 15.4 Å². The second-order valence-corrected chi connectivity index (χ2v) is 11.3. The van der Waals surface area contributed by atoms with Gasteiger partial charge in [-0.3, -0.25) is 0 Å². The molecule has 0 aliphatic heterocycles. The van der Waals surface area contributed by atoms with E-state index in [0.717, 1.165) is 23.5 Å². The van der Waals surface area contributed by atoms with E-state index in [-0.39, 0.29) is 29.7 Å². The molecular weight excluding hydrogens is 501 g/mol. The maximum Gasteiger partial charge on any atom is 0.191 e. The number of rotatable bonds is 9. The van der Waals surface area contributed by atoms with Gasteiger partial charge in [-0.05, 0) is 65.0 Å². The molecule has 0 radical (unpaired) electrons. The Morgan fingerprint density at radius 1 is 1.24 bits per heavy atom. The predicted octanol–water partition coefficient (Wildman–Crippen LogP) is 3.67. The van der Waals surface area contributed by atoms with Gasteiger partial charge in [-0.15, -0.1) is 24.0 Å². The van der Waals surface area contributed by atoms with Gasteiger partial charge >= 0.3 is 0 Å². The van der Waals surface area contributed by atoms with Crippen molar-refractivity contribution in [1.29, 1.82) is 0 Å². The van der Waals surface area contributed by atoms with Crippen molar-refractivity contribution in [3.05, 3.63) is 29.3 Å². The number of nitrogens with one attached hydrogen (secondary N) is 2. The van der Waals surface area contributed by atoms with E-state index in [4.69, 9.17) is 4.74 Å². The standard InChI is InChI=1S/C21H35N3O3S.HI/c1-6-22-20(23-11-12-28(25,26)21(3,4)5)24-14-18-10-7-16(2)13-19(18)27-15-17-8-9-17;/h7,10,13,17H,6,8-9,11-12,14-15H2,1-5H3,(H2,22,23,24);1H. The molecule has 0 bridgehead atoms. The third-order valence-corrected chi connectivity index (χ3v) is 7.35. The van der Waals surface area contributed by atoms with Gasteiger partial charge in [0.2, 0.25) is 0 Å². The zero-order valence-corrected chi connectivity index (χ0v) is 21.4. The monoisotopic (exact) mass is 537 g/mol. The highest BCUT2D eigenvalue weighted by Crippen LogP contribution is 2.31. The fourth-order valence-corrected chi connectivity index (χ4v) is 3.52. The summed E-state index contributed by atoms with van der Waals surface area (Å²) in [6, 6.07) is 6.17. The van der Waals surface area contributed by atoms with Crippen molar-refractivity contribution >= 4 is 39.8 Å². The summed E-state index contributed by atoms with van der Waals surface area (Å²) in [6.07, 6.45) is 2.51. The third-order valence-electron chi connectivity index (χ3n) is 4.74. The molecule has 0 unspecified atom stereocenters. The van der Waals surface area contributed by atoms with E-state index in [0.29, 0.717) is 31.5 Å². The van der Waals surface area contributed by atoms with Crippen LogP contribution in [0, 0.1) is 12.8 Å². The molecule has 1 saturated carbocycles. The summed E-state index contributed by atoms with van der Waals surface area (Å²) in [5.41, 5.74) is 2.20. The molecule has 0 heterocycles.